The average Bonchev–Trinajstić information content (AvgIpc) is 2.60. The highest BCUT2D eigenvalue weighted by Crippen LogP contribution is 2.12. The number of allylic oxidation sites excluding steroid dienone is 2. The van der Waals surface area contributed by atoms with E-state index in [1.165, 1.54) is 116 Å². The number of rotatable bonds is 20. The van der Waals surface area contributed by atoms with Crippen molar-refractivity contribution >= 4 is 0 Å². The van der Waals surface area contributed by atoms with Crippen LogP contribution in [0.3, 0.4) is 0 Å². The summed E-state index contributed by atoms with van der Waals surface area (Å²) in [6, 6.07) is 0. The van der Waals surface area contributed by atoms with Crippen molar-refractivity contribution in [3.63, 3.8) is 0 Å². The fraction of sp³-hybridized carbons (Fsp3) is 0.833. The van der Waals surface area contributed by atoms with Gasteiger partial charge in [0, 0.05) is 0 Å². The summed E-state index contributed by atoms with van der Waals surface area (Å²) in [5, 5.41) is 0. The fourth-order valence-electron chi connectivity index (χ4n) is 3.23. The second kappa shape index (κ2) is 22.7. The van der Waals surface area contributed by atoms with Crippen LogP contribution in [0.25, 0.3) is 0 Å². The molecule has 0 atom stereocenters. The normalized spacial score (nSPS) is 11.6. The molecule has 0 heteroatoms. The second-order valence-electron chi connectivity index (χ2n) is 7.41. The SMILES string of the molecule is [CH2]CCCCCCCCCC=CCCCCCCCCCCC[CH2]. The van der Waals surface area contributed by atoms with Gasteiger partial charge < -0.3 is 0 Å². The lowest BCUT2D eigenvalue weighted by molar-refractivity contribution is 0.561. The number of hydrogen-bond acceptors (Lipinski definition) is 0. The van der Waals surface area contributed by atoms with Crippen LogP contribution in [0, 0.1) is 13.8 Å². The molecule has 24 heavy (non-hydrogen) atoms. The van der Waals surface area contributed by atoms with Crippen LogP contribution < -0.4 is 0 Å². The molecule has 0 amide bonds. The van der Waals surface area contributed by atoms with Gasteiger partial charge in [0.05, 0.1) is 0 Å². The molecule has 0 rings (SSSR count). The first-order chi connectivity index (χ1) is 11.9. The van der Waals surface area contributed by atoms with Crippen molar-refractivity contribution in [2.75, 3.05) is 0 Å². The summed E-state index contributed by atoms with van der Waals surface area (Å²) in [5.41, 5.74) is 0. The minimum absolute atomic E-state index is 1.11. The topological polar surface area (TPSA) is 0 Å². The first-order valence-corrected chi connectivity index (χ1v) is 11.1. The molecule has 0 bridgehead atoms. The van der Waals surface area contributed by atoms with Crippen molar-refractivity contribution in [3.8, 4) is 0 Å². The van der Waals surface area contributed by atoms with E-state index in [0.29, 0.717) is 0 Å². The summed E-state index contributed by atoms with van der Waals surface area (Å²) in [6.07, 6.45) is 32.2. The molecule has 0 fully saturated rings. The lowest BCUT2D eigenvalue weighted by Gasteiger charge is -2.01. The quantitative estimate of drug-likeness (QED) is 0.154. The van der Waals surface area contributed by atoms with Gasteiger partial charge in [-0.1, -0.05) is 129 Å². The van der Waals surface area contributed by atoms with Crippen molar-refractivity contribution in [3.05, 3.63) is 26.0 Å². The van der Waals surface area contributed by atoms with E-state index in [2.05, 4.69) is 26.0 Å². The van der Waals surface area contributed by atoms with Gasteiger partial charge in [-0.3, -0.25) is 0 Å². The van der Waals surface area contributed by atoms with E-state index in [9.17, 15) is 0 Å². The van der Waals surface area contributed by atoms with Crippen molar-refractivity contribution in [1.82, 2.24) is 0 Å². The van der Waals surface area contributed by atoms with Crippen LogP contribution in [-0.4, -0.2) is 0 Å². The third-order valence-corrected chi connectivity index (χ3v) is 4.91. The third kappa shape index (κ3) is 21.7. The molecule has 0 unspecified atom stereocenters. The van der Waals surface area contributed by atoms with Crippen LogP contribution in [0.1, 0.15) is 128 Å². The molecule has 142 valence electrons. The highest BCUT2D eigenvalue weighted by Gasteiger charge is 1.92. The monoisotopic (exact) mass is 334 g/mol. The molecule has 0 heterocycles. The smallest absolute Gasteiger partial charge is 0.0351 e. The molecule has 0 aromatic rings. The zero-order valence-corrected chi connectivity index (χ0v) is 16.7. The van der Waals surface area contributed by atoms with Crippen LogP contribution in [-0.2, 0) is 0 Å². The number of hydrogen-bond donors (Lipinski definition) is 0. The molecule has 0 aromatic heterocycles. The van der Waals surface area contributed by atoms with Gasteiger partial charge in [0.15, 0.2) is 0 Å². The molecule has 0 aromatic carbocycles. The Bertz CT molecular complexity index is 228. The summed E-state index contributed by atoms with van der Waals surface area (Å²) in [4.78, 5) is 0. The minimum atomic E-state index is 1.11. The van der Waals surface area contributed by atoms with Crippen LogP contribution in [0.15, 0.2) is 12.2 Å². The van der Waals surface area contributed by atoms with E-state index < -0.39 is 0 Å². The zero-order chi connectivity index (χ0) is 17.6. The van der Waals surface area contributed by atoms with E-state index in [4.69, 9.17) is 0 Å². The lowest BCUT2D eigenvalue weighted by atomic mass is 10.1. The van der Waals surface area contributed by atoms with Crippen molar-refractivity contribution in [1.29, 1.82) is 0 Å². The highest BCUT2D eigenvalue weighted by atomic mass is 14.0. The highest BCUT2D eigenvalue weighted by molar-refractivity contribution is 4.81. The summed E-state index contributed by atoms with van der Waals surface area (Å²) in [7, 11) is 0. The predicted molar refractivity (Wildman–Crippen MR) is 112 cm³/mol. The van der Waals surface area contributed by atoms with Crippen LogP contribution >= 0.6 is 0 Å². The van der Waals surface area contributed by atoms with Gasteiger partial charge >= 0.3 is 0 Å². The first kappa shape index (κ1) is 23.7. The summed E-state index contributed by atoms with van der Waals surface area (Å²) in [6.45, 7) is 7.79. The maximum Gasteiger partial charge on any atom is -0.0351 e. The molecule has 0 aliphatic heterocycles. The Labute approximate surface area is 154 Å². The van der Waals surface area contributed by atoms with E-state index >= 15 is 0 Å². The van der Waals surface area contributed by atoms with Gasteiger partial charge in [-0.2, -0.15) is 0 Å². The van der Waals surface area contributed by atoms with Crippen molar-refractivity contribution < 1.29 is 0 Å². The Morgan fingerprint density at radius 2 is 0.583 bits per heavy atom. The van der Waals surface area contributed by atoms with Crippen LogP contribution in [0.2, 0.25) is 0 Å². The first-order valence-electron chi connectivity index (χ1n) is 11.1. The molecule has 0 spiro atoms. The average molecular weight is 335 g/mol. The maximum absolute atomic E-state index is 3.90. The Morgan fingerprint density at radius 3 is 0.875 bits per heavy atom. The predicted octanol–water partition coefficient (Wildman–Crippen LogP) is 9.01. The van der Waals surface area contributed by atoms with Gasteiger partial charge in [0.2, 0.25) is 0 Å². The van der Waals surface area contributed by atoms with Gasteiger partial charge in [-0.05, 0) is 25.7 Å². The zero-order valence-electron chi connectivity index (χ0n) is 16.7. The van der Waals surface area contributed by atoms with Gasteiger partial charge in [0.25, 0.3) is 0 Å². The Balaban J connectivity index is 3.03. The van der Waals surface area contributed by atoms with Crippen LogP contribution in [0.4, 0.5) is 0 Å². The van der Waals surface area contributed by atoms with E-state index in [1.807, 2.05) is 0 Å². The summed E-state index contributed by atoms with van der Waals surface area (Å²) in [5.74, 6) is 0. The minimum Gasteiger partial charge on any atom is -0.0885 e. The molecular weight excluding hydrogens is 288 g/mol. The molecule has 0 saturated heterocycles. The Hall–Kier alpha value is -0.260. The van der Waals surface area contributed by atoms with E-state index in [1.54, 1.807) is 0 Å². The van der Waals surface area contributed by atoms with Crippen molar-refractivity contribution in [2.24, 2.45) is 0 Å². The molecule has 2 radical (unpaired) electrons. The Morgan fingerprint density at radius 1 is 0.333 bits per heavy atom. The second-order valence-corrected chi connectivity index (χ2v) is 7.41. The molecule has 0 N–H and O–H groups in total. The molecular formula is C24H46. The molecule has 0 aliphatic carbocycles. The summed E-state index contributed by atoms with van der Waals surface area (Å²) >= 11 is 0. The number of unbranched alkanes of at least 4 members (excludes halogenated alkanes) is 18. The van der Waals surface area contributed by atoms with E-state index in [0.717, 1.165) is 12.8 Å². The van der Waals surface area contributed by atoms with E-state index in [-0.39, 0.29) is 0 Å². The lowest BCUT2D eigenvalue weighted by Crippen LogP contribution is -1.81. The largest absolute Gasteiger partial charge is 0.0885 e. The molecule has 0 saturated carbocycles. The fourth-order valence-corrected chi connectivity index (χ4v) is 3.23. The molecule has 0 nitrogen and oxygen atoms in total. The third-order valence-electron chi connectivity index (χ3n) is 4.91. The van der Waals surface area contributed by atoms with Gasteiger partial charge in [-0.25, -0.2) is 0 Å². The Kier molecular flexibility index (Phi) is 22.5. The molecule has 0 aliphatic rings. The van der Waals surface area contributed by atoms with Gasteiger partial charge in [-0.15, -0.1) is 0 Å². The van der Waals surface area contributed by atoms with Crippen molar-refractivity contribution in [2.45, 2.75) is 128 Å². The van der Waals surface area contributed by atoms with Crippen LogP contribution in [0.5, 0.6) is 0 Å². The maximum atomic E-state index is 3.90. The van der Waals surface area contributed by atoms with Gasteiger partial charge in [0.1, 0.15) is 0 Å². The summed E-state index contributed by atoms with van der Waals surface area (Å²) < 4.78 is 0. The standard InChI is InChI=1S/C24H46/c1-3-5-7-9-11-13-15-17-19-21-23-24-22-20-18-16-14-12-10-8-6-4-2/h21,23H,1-20,22,24H2.